The third-order valence-electron chi connectivity index (χ3n) is 7.18. The van der Waals surface area contributed by atoms with E-state index < -0.39 is 17.9 Å². The molecule has 0 unspecified atom stereocenters. The molecule has 4 atom stereocenters. The normalized spacial score (nSPS) is 25.6. The molecule has 2 aromatic rings. The Labute approximate surface area is 193 Å². The van der Waals surface area contributed by atoms with Crippen molar-refractivity contribution in [1.82, 2.24) is 4.90 Å². The molecule has 3 heterocycles. The van der Waals surface area contributed by atoms with Crippen LogP contribution in [0.25, 0.3) is 5.57 Å². The van der Waals surface area contributed by atoms with Crippen molar-refractivity contribution >= 4 is 28.9 Å². The summed E-state index contributed by atoms with van der Waals surface area (Å²) >= 11 is 0. The Morgan fingerprint density at radius 1 is 0.970 bits per heavy atom. The van der Waals surface area contributed by atoms with Gasteiger partial charge in [0.25, 0.3) is 0 Å². The summed E-state index contributed by atoms with van der Waals surface area (Å²) in [5.41, 5.74) is 4.63. The Morgan fingerprint density at radius 3 is 2.39 bits per heavy atom. The second kappa shape index (κ2) is 8.27. The lowest BCUT2D eigenvalue weighted by Crippen LogP contribution is -2.49. The van der Waals surface area contributed by atoms with Gasteiger partial charge in [-0.15, -0.1) is 0 Å². The first-order valence-electron chi connectivity index (χ1n) is 11.4. The van der Waals surface area contributed by atoms with E-state index in [2.05, 4.69) is 6.08 Å². The minimum atomic E-state index is -0.725. The number of aryl methyl sites for hydroxylation is 1. The summed E-state index contributed by atoms with van der Waals surface area (Å²) in [6.07, 6.45) is 2.64. The smallest absolute Gasteiger partial charge is 0.235 e. The first-order valence-corrected chi connectivity index (χ1v) is 11.4. The SMILES string of the molecule is COCCCN1C(=O)[C@H]2[C@H](C1=O)[C@@H](C(=O)c1ccc(C)cc1)N1c3ccccc3C(C)=C[C@H]21. The molecule has 0 radical (unpaired) electrons. The Hall–Kier alpha value is -3.25. The number of likely N-dealkylation sites (tertiary alicyclic amines) is 1. The fourth-order valence-corrected chi connectivity index (χ4v) is 5.64. The summed E-state index contributed by atoms with van der Waals surface area (Å²) in [6.45, 7) is 4.79. The molecule has 2 aromatic carbocycles. The number of allylic oxidation sites excluding steroid dienone is 1. The van der Waals surface area contributed by atoms with Gasteiger partial charge in [0.2, 0.25) is 11.8 Å². The Balaban J connectivity index is 1.61. The molecule has 0 saturated carbocycles. The standard InChI is InChI=1S/C27H28N2O4/c1-16-9-11-18(12-10-16)25(30)24-23-22(26(31)28(27(23)32)13-6-14-33-3)21-15-17(2)19-7-4-5-8-20(19)29(21)24/h4-5,7-12,15,21-24H,6,13-14H2,1-3H3/t21-,22-,23+,24+/m1/s1. The van der Waals surface area contributed by atoms with Crippen LogP contribution in [0.2, 0.25) is 0 Å². The number of carbonyl (C=O) groups is 3. The molecule has 0 aromatic heterocycles. The number of para-hydroxylation sites is 1. The predicted octanol–water partition coefficient (Wildman–Crippen LogP) is 3.49. The van der Waals surface area contributed by atoms with Crippen LogP contribution in [0.3, 0.4) is 0 Å². The number of nitrogens with zero attached hydrogens (tertiary/aromatic N) is 2. The maximum absolute atomic E-state index is 13.9. The number of hydrogen-bond donors (Lipinski definition) is 0. The molecular weight excluding hydrogens is 416 g/mol. The maximum atomic E-state index is 13.9. The molecular formula is C27H28N2O4. The van der Waals surface area contributed by atoms with E-state index in [0.29, 0.717) is 25.1 Å². The maximum Gasteiger partial charge on any atom is 0.235 e. The van der Waals surface area contributed by atoms with Crippen molar-refractivity contribution < 1.29 is 19.1 Å². The summed E-state index contributed by atoms with van der Waals surface area (Å²) in [6, 6.07) is 14.3. The van der Waals surface area contributed by atoms with E-state index in [4.69, 9.17) is 4.74 Å². The largest absolute Gasteiger partial charge is 0.385 e. The Morgan fingerprint density at radius 2 is 1.67 bits per heavy atom. The predicted molar refractivity (Wildman–Crippen MR) is 126 cm³/mol. The van der Waals surface area contributed by atoms with Crippen LogP contribution in [-0.4, -0.2) is 54.8 Å². The number of rotatable bonds is 6. The number of amides is 2. The second-order valence-corrected chi connectivity index (χ2v) is 9.17. The van der Waals surface area contributed by atoms with Gasteiger partial charge in [0.05, 0.1) is 17.9 Å². The third kappa shape index (κ3) is 3.32. The molecule has 3 aliphatic rings. The quantitative estimate of drug-likeness (QED) is 0.388. The highest BCUT2D eigenvalue weighted by Gasteiger charge is 2.64. The first-order chi connectivity index (χ1) is 15.9. The Kier molecular flexibility index (Phi) is 5.41. The molecule has 0 N–H and O–H groups in total. The van der Waals surface area contributed by atoms with Crippen LogP contribution in [-0.2, 0) is 14.3 Å². The minimum Gasteiger partial charge on any atom is -0.385 e. The molecule has 33 heavy (non-hydrogen) atoms. The number of anilines is 1. The van der Waals surface area contributed by atoms with Gasteiger partial charge in [-0.1, -0.05) is 54.1 Å². The van der Waals surface area contributed by atoms with Crippen LogP contribution in [0, 0.1) is 18.8 Å². The van der Waals surface area contributed by atoms with Gasteiger partial charge in [0.15, 0.2) is 5.78 Å². The van der Waals surface area contributed by atoms with Crippen molar-refractivity contribution in [3.05, 3.63) is 71.3 Å². The number of carbonyl (C=O) groups excluding carboxylic acids is 3. The zero-order valence-corrected chi connectivity index (χ0v) is 19.2. The number of benzene rings is 2. The number of imide groups is 1. The van der Waals surface area contributed by atoms with Gasteiger partial charge >= 0.3 is 0 Å². The minimum absolute atomic E-state index is 0.116. The third-order valence-corrected chi connectivity index (χ3v) is 7.18. The second-order valence-electron chi connectivity index (χ2n) is 9.17. The highest BCUT2D eigenvalue weighted by molar-refractivity contribution is 6.14. The monoisotopic (exact) mass is 444 g/mol. The number of fused-ring (bicyclic) bond motifs is 5. The molecule has 5 rings (SSSR count). The summed E-state index contributed by atoms with van der Waals surface area (Å²) in [4.78, 5) is 44.4. The van der Waals surface area contributed by atoms with Gasteiger partial charge in [-0.25, -0.2) is 0 Å². The van der Waals surface area contributed by atoms with Crippen molar-refractivity contribution in [2.45, 2.75) is 32.4 Å². The zero-order chi connectivity index (χ0) is 23.3. The number of ketones is 1. The van der Waals surface area contributed by atoms with Gasteiger partial charge in [-0.2, -0.15) is 0 Å². The summed E-state index contributed by atoms with van der Waals surface area (Å²) in [5.74, 6) is -1.81. The van der Waals surface area contributed by atoms with Crippen molar-refractivity contribution in [1.29, 1.82) is 0 Å². The lowest BCUT2D eigenvalue weighted by molar-refractivity contribution is -0.140. The molecule has 6 nitrogen and oxygen atoms in total. The van der Waals surface area contributed by atoms with Crippen LogP contribution < -0.4 is 4.90 Å². The van der Waals surface area contributed by atoms with Crippen molar-refractivity contribution in [2.24, 2.45) is 11.8 Å². The molecule has 2 amide bonds. The fourth-order valence-electron chi connectivity index (χ4n) is 5.64. The summed E-state index contributed by atoms with van der Waals surface area (Å²) < 4.78 is 5.11. The zero-order valence-electron chi connectivity index (χ0n) is 19.2. The van der Waals surface area contributed by atoms with Gasteiger partial charge in [0, 0.05) is 37.1 Å². The van der Waals surface area contributed by atoms with Crippen LogP contribution in [0.5, 0.6) is 0 Å². The fraction of sp³-hybridized carbons (Fsp3) is 0.370. The molecule has 6 heteroatoms. The van der Waals surface area contributed by atoms with Crippen molar-refractivity contribution in [3.63, 3.8) is 0 Å². The van der Waals surface area contributed by atoms with Crippen molar-refractivity contribution in [3.8, 4) is 0 Å². The van der Waals surface area contributed by atoms with Crippen LogP contribution in [0.4, 0.5) is 5.69 Å². The van der Waals surface area contributed by atoms with Crippen LogP contribution in [0.15, 0.2) is 54.6 Å². The average Bonchev–Trinajstić information content (AvgIpc) is 3.28. The number of methoxy groups -OCH3 is 1. The van der Waals surface area contributed by atoms with Gasteiger partial charge < -0.3 is 9.64 Å². The van der Waals surface area contributed by atoms with Crippen molar-refractivity contribution in [2.75, 3.05) is 25.2 Å². The van der Waals surface area contributed by atoms with E-state index >= 15 is 0 Å². The molecule has 3 aliphatic heterocycles. The van der Waals surface area contributed by atoms with Gasteiger partial charge in [0.1, 0.15) is 6.04 Å². The lowest BCUT2D eigenvalue weighted by Gasteiger charge is -2.38. The van der Waals surface area contributed by atoms with Crippen LogP contribution in [0.1, 0.15) is 34.8 Å². The van der Waals surface area contributed by atoms with E-state index in [-0.39, 0.29) is 23.6 Å². The highest BCUT2D eigenvalue weighted by atomic mass is 16.5. The van der Waals surface area contributed by atoms with Gasteiger partial charge in [-0.05, 0) is 31.9 Å². The van der Waals surface area contributed by atoms with Crippen LogP contribution >= 0.6 is 0 Å². The molecule has 2 saturated heterocycles. The van der Waals surface area contributed by atoms with E-state index in [1.807, 2.05) is 67.3 Å². The number of Topliss-reactive ketones (excluding diaryl/α,β-unsaturated/α-hetero) is 1. The first kappa shape index (κ1) is 21.6. The van der Waals surface area contributed by atoms with E-state index in [9.17, 15) is 14.4 Å². The summed E-state index contributed by atoms with van der Waals surface area (Å²) in [5, 5.41) is 0. The molecule has 2 fully saturated rings. The molecule has 170 valence electrons. The topological polar surface area (TPSA) is 66.9 Å². The molecule has 0 spiro atoms. The van der Waals surface area contributed by atoms with E-state index in [0.717, 1.165) is 22.4 Å². The molecule has 0 bridgehead atoms. The lowest BCUT2D eigenvalue weighted by atomic mass is 9.85. The highest BCUT2D eigenvalue weighted by Crippen LogP contribution is 2.50. The van der Waals surface area contributed by atoms with Gasteiger partial charge in [-0.3, -0.25) is 19.3 Å². The molecule has 0 aliphatic carbocycles. The average molecular weight is 445 g/mol. The Bertz CT molecular complexity index is 1150. The van der Waals surface area contributed by atoms with E-state index in [1.54, 1.807) is 7.11 Å². The van der Waals surface area contributed by atoms with E-state index in [1.165, 1.54) is 4.90 Å². The number of hydrogen-bond acceptors (Lipinski definition) is 5. The summed E-state index contributed by atoms with van der Waals surface area (Å²) in [7, 11) is 1.60. The number of ether oxygens (including phenoxy) is 1.